The Bertz CT molecular complexity index is 1110. The van der Waals surface area contributed by atoms with E-state index in [1.165, 1.54) is 0 Å². The van der Waals surface area contributed by atoms with Crippen molar-refractivity contribution in [1.82, 2.24) is 20.0 Å². The van der Waals surface area contributed by atoms with E-state index in [9.17, 15) is 9.59 Å². The number of halogens is 1. The number of amides is 2. The van der Waals surface area contributed by atoms with Gasteiger partial charge in [-0.25, -0.2) is 0 Å². The van der Waals surface area contributed by atoms with Gasteiger partial charge in [0, 0.05) is 42.5 Å². The highest BCUT2D eigenvalue weighted by Crippen LogP contribution is 2.20. The number of aromatic nitrogens is 2. The van der Waals surface area contributed by atoms with Crippen LogP contribution < -0.4 is 10.1 Å². The van der Waals surface area contributed by atoms with Crippen molar-refractivity contribution in [3.8, 4) is 5.75 Å². The highest BCUT2D eigenvalue weighted by molar-refractivity contribution is 7.13. The lowest BCUT2D eigenvalue weighted by atomic mass is 10.1. The zero-order valence-electron chi connectivity index (χ0n) is 18.2. The van der Waals surface area contributed by atoms with Crippen molar-refractivity contribution >= 4 is 40.4 Å². The maximum absolute atomic E-state index is 12.7. The fourth-order valence-corrected chi connectivity index (χ4v) is 4.28. The molecule has 1 saturated heterocycles. The van der Waals surface area contributed by atoms with E-state index in [2.05, 4.69) is 27.3 Å². The van der Waals surface area contributed by atoms with Gasteiger partial charge in [0.2, 0.25) is 5.01 Å². The quantitative estimate of drug-likeness (QED) is 0.547. The van der Waals surface area contributed by atoms with E-state index in [4.69, 9.17) is 16.3 Å². The summed E-state index contributed by atoms with van der Waals surface area (Å²) >= 11 is 7.09. The van der Waals surface area contributed by atoms with Crippen molar-refractivity contribution in [2.24, 2.45) is 0 Å². The number of rotatable bonds is 7. The summed E-state index contributed by atoms with van der Waals surface area (Å²) in [7, 11) is 0. The van der Waals surface area contributed by atoms with Crippen LogP contribution in [-0.4, -0.2) is 64.5 Å². The van der Waals surface area contributed by atoms with Crippen LogP contribution in [0.4, 0.5) is 5.69 Å². The number of hydrogen-bond donors (Lipinski definition) is 1. The third kappa shape index (κ3) is 6.07. The molecule has 1 fully saturated rings. The molecule has 0 aliphatic carbocycles. The second-order valence-electron chi connectivity index (χ2n) is 7.50. The number of piperazine rings is 1. The van der Waals surface area contributed by atoms with Gasteiger partial charge in [0.05, 0.1) is 0 Å². The van der Waals surface area contributed by atoms with Gasteiger partial charge >= 0.3 is 0 Å². The van der Waals surface area contributed by atoms with Gasteiger partial charge < -0.3 is 19.9 Å². The van der Waals surface area contributed by atoms with Crippen LogP contribution in [0.3, 0.4) is 0 Å². The molecule has 0 bridgehead atoms. The zero-order chi connectivity index (χ0) is 23.2. The first-order chi connectivity index (χ1) is 16.0. The predicted octanol–water partition coefficient (Wildman–Crippen LogP) is 3.80. The van der Waals surface area contributed by atoms with Gasteiger partial charge in [-0.2, -0.15) is 0 Å². The minimum atomic E-state index is -0.358. The number of likely N-dealkylation sites (N-methyl/N-ethyl adjacent to an activating group) is 1. The lowest BCUT2D eigenvalue weighted by Crippen LogP contribution is -2.48. The zero-order valence-corrected chi connectivity index (χ0v) is 19.7. The van der Waals surface area contributed by atoms with Crippen LogP contribution in [0.1, 0.15) is 32.1 Å². The molecule has 4 rings (SSSR count). The van der Waals surface area contributed by atoms with E-state index in [1.807, 2.05) is 4.90 Å². The first kappa shape index (κ1) is 23.2. The Balaban J connectivity index is 1.29. The van der Waals surface area contributed by atoms with Crippen molar-refractivity contribution in [2.45, 2.75) is 13.5 Å². The number of nitrogens with one attached hydrogen (secondary N) is 1. The normalized spacial score (nSPS) is 14.2. The van der Waals surface area contributed by atoms with E-state index in [1.54, 1.807) is 48.5 Å². The Hall–Kier alpha value is -3.01. The number of anilines is 1. The molecule has 1 N–H and O–H groups in total. The number of ether oxygens (including phenoxy) is 1. The third-order valence-corrected chi connectivity index (χ3v) is 6.44. The molecule has 1 aliphatic rings. The van der Waals surface area contributed by atoms with E-state index < -0.39 is 0 Å². The van der Waals surface area contributed by atoms with E-state index in [0.717, 1.165) is 44.1 Å². The van der Waals surface area contributed by atoms with Crippen LogP contribution in [0.2, 0.25) is 5.02 Å². The Morgan fingerprint density at radius 1 is 1.09 bits per heavy atom. The van der Waals surface area contributed by atoms with Crippen LogP contribution in [0.5, 0.6) is 5.75 Å². The molecular weight excluding hydrogens is 462 g/mol. The van der Waals surface area contributed by atoms with Crippen LogP contribution in [0.15, 0.2) is 48.5 Å². The smallest absolute Gasteiger partial charge is 0.286 e. The minimum absolute atomic E-state index is 0.0387. The molecule has 2 aromatic carbocycles. The summed E-state index contributed by atoms with van der Waals surface area (Å²) < 4.78 is 5.76. The predicted molar refractivity (Wildman–Crippen MR) is 128 cm³/mol. The summed E-state index contributed by atoms with van der Waals surface area (Å²) in [6.07, 6.45) is 0. The molecule has 10 heteroatoms. The van der Waals surface area contributed by atoms with Gasteiger partial charge in [0.15, 0.2) is 5.01 Å². The van der Waals surface area contributed by atoms with Crippen molar-refractivity contribution in [3.63, 3.8) is 0 Å². The number of carbonyl (C=O) groups is 2. The minimum Gasteiger partial charge on any atom is -0.486 e. The Morgan fingerprint density at radius 3 is 2.55 bits per heavy atom. The van der Waals surface area contributed by atoms with Crippen LogP contribution in [0, 0.1) is 0 Å². The van der Waals surface area contributed by atoms with Crippen LogP contribution in [-0.2, 0) is 6.61 Å². The fraction of sp³-hybridized carbons (Fsp3) is 0.304. The molecule has 2 amide bonds. The van der Waals surface area contributed by atoms with Crippen molar-refractivity contribution < 1.29 is 14.3 Å². The summed E-state index contributed by atoms with van der Waals surface area (Å²) in [5, 5.41) is 12.0. The Morgan fingerprint density at radius 2 is 1.85 bits per heavy atom. The second-order valence-corrected chi connectivity index (χ2v) is 9.00. The first-order valence-corrected chi connectivity index (χ1v) is 11.8. The van der Waals surface area contributed by atoms with Crippen molar-refractivity contribution in [1.29, 1.82) is 0 Å². The molecule has 172 valence electrons. The maximum atomic E-state index is 12.7. The fourth-order valence-electron chi connectivity index (χ4n) is 3.44. The summed E-state index contributed by atoms with van der Waals surface area (Å²) in [4.78, 5) is 29.3. The molecular formula is C23H24ClN5O3S. The standard InChI is InChI=1S/C23H24ClN5O3S/c1-2-28-10-12-29(13-11-28)23(31)16-6-8-19(9-7-16)32-15-20-26-27-22(33-20)21(30)25-18-5-3-4-17(24)14-18/h3-9,14H,2,10-13,15H2,1H3,(H,25,30). The summed E-state index contributed by atoms with van der Waals surface area (Å²) in [6, 6.07) is 14.0. The van der Waals surface area contributed by atoms with Crippen molar-refractivity contribution in [2.75, 3.05) is 38.0 Å². The van der Waals surface area contributed by atoms with Gasteiger partial charge in [0.1, 0.15) is 12.4 Å². The first-order valence-electron chi connectivity index (χ1n) is 10.7. The highest BCUT2D eigenvalue weighted by atomic mass is 35.5. The molecule has 0 spiro atoms. The summed E-state index contributed by atoms with van der Waals surface area (Å²) in [5.41, 5.74) is 1.23. The molecule has 2 heterocycles. The molecule has 0 atom stereocenters. The number of benzene rings is 2. The van der Waals surface area contributed by atoms with E-state index >= 15 is 0 Å². The van der Waals surface area contributed by atoms with E-state index in [-0.39, 0.29) is 23.4 Å². The van der Waals surface area contributed by atoms with Crippen LogP contribution in [0.25, 0.3) is 0 Å². The van der Waals surface area contributed by atoms with E-state index in [0.29, 0.717) is 27.0 Å². The Labute approximate surface area is 201 Å². The Kier molecular flexibility index (Phi) is 7.54. The second kappa shape index (κ2) is 10.7. The number of hydrogen-bond acceptors (Lipinski definition) is 7. The molecule has 0 radical (unpaired) electrons. The lowest BCUT2D eigenvalue weighted by Gasteiger charge is -2.34. The highest BCUT2D eigenvalue weighted by Gasteiger charge is 2.21. The van der Waals surface area contributed by atoms with Gasteiger partial charge in [-0.3, -0.25) is 9.59 Å². The number of nitrogens with zero attached hydrogens (tertiary/aromatic N) is 4. The molecule has 8 nitrogen and oxygen atoms in total. The van der Waals surface area contributed by atoms with Crippen molar-refractivity contribution in [3.05, 3.63) is 69.1 Å². The molecule has 0 unspecified atom stereocenters. The monoisotopic (exact) mass is 485 g/mol. The molecule has 1 aliphatic heterocycles. The lowest BCUT2D eigenvalue weighted by molar-refractivity contribution is 0.0643. The van der Waals surface area contributed by atoms with Gasteiger partial charge in [-0.15, -0.1) is 10.2 Å². The van der Waals surface area contributed by atoms with Crippen LogP contribution >= 0.6 is 22.9 Å². The largest absolute Gasteiger partial charge is 0.486 e. The van der Waals surface area contributed by atoms with Gasteiger partial charge in [-0.1, -0.05) is 35.9 Å². The summed E-state index contributed by atoms with van der Waals surface area (Å²) in [6.45, 7) is 6.62. The number of carbonyl (C=O) groups excluding carboxylic acids is 2. The topological polar surface area (TPSA) is 87.7 Å². The summed E-state index contributed by atoms with van der Waals surface area (Å²) in [5.74, 6) is 0.294. The van der Waals surface area contributed by atoms with Gasteiger partial charge in [-0.05, 0) is 49.0 Å². The maximum Gasteiger partial charge on any atom is 0.286 e. The molecule has 3 aromatic rings. The molecule has 33 heavy (non-hydrogen) atoms. The average molecular weight is 486 g/mol. The SMILES string of the molecule is CCN1CCN(C(=O)c2ccc(OCc3nnc(C(=O)Nc4cccc(Cl)c4)s3)cc2)CC1. The molecule has 0 saturated carbocycles. The van der Waals surface area contributed by atoms with Gasteiger partial charge in [0.25, 0.3) is 11.8 Å². The third-order valence-electron chi connectivity index (χ3n) is 5.31. The average Bonchev–Trinajstić information content (AvgIpc) is 3.32. The molecule has 1 aromatic heterocycles.